The van der Waals surface area contributed by atoms with Crippen LogP contribution in [0.5, 0.6) is 0 Å². The first-order valence-corrected chi connectivity index (χ1v) is 4.04. The fourth-order valence-corrected chi connectivity index (χ4v) is 1.65. The summed E-state index contributed by atoms with van der Waals surface area (Å²) in [6.07, 6.45) is 0. The molecule has 1 atom stereocenters. The predicted octanol–water partition coefficient (Wildman–Crippen LogP) is 1.05. The molecular weight excluding hydrogens is 146 g/mol. The van der Waals surface area contributed by atoms with Gasteiger partial charge in [-0.05, 0) is 23.9 Å². The van der Waals surface area contributed by atoms with Gasteiger partial charge in [-0.3, -0.25) is 0 Å². The van der Waals surface area contributed by atoms with Gasteiger partial charge >= 0.3 is 0 Å². The molecule has 1 rings (SSSR count). The highest BCUT2D eigenvalue weighted by Gasteiger charge is 2.06. The van der Waals surface area contributed by atoms with Crippen LogP contribution < -0.4 is 5.73 Å². The molecular formula is C7H11NOS. The average Bonchev–Trinajstić information content (AvgIpc) is 2.34. The van der Waals surface area contributed by atoms with Crippen molar-refractivity contribution in [2.45, 2.75) is 13.0 Å². The molecule has 0 aliphatic rings. The van der Waals surface area contributed by atoms with E-state index in [1.54, 1.807) is 11.3 Å². The van der Waals surface area contributed by atoms with Gasteiger partial charge in [-0.2, -0.15) is 0 Å². The Morgan fingerprint density at radius 2 is 2.50 bits per heavy atom. The van der Waals surface area contributed by atoms with Crippen molar-refractivity contribution in [1.82, 2.24) is 0 Å². The summed E-state index contributed by atoms with van der Waals surface area (Å²) in [5.41, 5.74) is 6.66. The minimum Gasteiger partial charge on any atom is -0.394 e. The molecule has 0 aromatic carbocycles. The SMILES string of the molecule is Cc1sccc1C(N)CO. The standard InChI is InChI=1S/C7H11NOS/c1-5-6(2-3-10-5)7(8)4-9/h2-3,7,9H,4,8H2,1H3. The second-order valence-electron chi connectivity index (χ2n) is 2.22. The van der Waals surface area contributed by atoms with E-state index in [1.807, 2.05) is 18.4 Å². The highest BCUT2D eigenvalue weighted by Crippen LogP contribution is 2.20. The maximum atomic E-state index is 8.71. The molecule has 0 aliphatic heterocycles. The van der Waals surface area contributed by atoms with E-state index in [9.17, 15) is 0 Å². The van der Waals surface area contributed by atoms with Crippen LogP contribution >= 0.6 is 11.3 Å². The van der Waals surface area contributed by atoms with E-state index in [4.69, 9.17) is 10.8 Å². The maximum absolute atomic E-state index is 8.71. The Bertz CT molecular complexity index is 209. The van der Waals surface area contributed by atoms with E-state index in [0.717, 1.165) is 5.56 Å². The van der Waals surface area contributed by atoms with Gasteiger partial charge in [-0.15, -0.1) is 11.3 Å². The van der Waals surface area contributed by atoms with E-state index in [1.165, 1.54) is 4.88 Å². The lowest BCUT2D eigenvalue weighted by molar-refractivity contribution is 0.268. The van der Waals surface area contributed by atoms with Crippen molar-refractivity contribution in [3.05, 3.63) is 21.9 Å². The minimum atomic E-state index is -0.203. The zero-order valence-corrected chi connectivity index (χ0v) is 6.69. The molecule has 2 nitrogen and oxygen atoms in total. The highest BCUT2D eigenvalue weighted by atomic mass is 32.1. The van der Waals surface area contributed by atoms with Crippen molar-refractivity contribution in [3.8, 4) is 0 Å². The third-order valence-corrected chi connectivity index (χ3v) is 2.36. The van der Waals surface area contributed by atoms with Crippen molar-refractivity contribution in [3.63, 3.8) is 0 Å². The number of nitrogens with two attached hydrogens (primary N) is 1. The van der Waals surface area contributed by atoms with Crippen LogP contribution in [0, 0.1) is 6.92 Å². The van der Waals surface area contributed by atoms with Crippen molar-refractivity contribution in [2.75, 3.05) is 6.61 Å². The molecule has 0 saturated carbocycles. The van der Waals surface area contributed by atoms with Gasteiger partial charge in [0, 0.05) is 4.88 Å². The fourth-order valence-electron chi connectivity index (χ4n) is 0.878. The summed E-state index contributed by atoms with van der Waals surface area (Å²) in [6, 6.07) is 1.76. The molecule has 1 heterocycles. The molecule has 0 bridgehead atoms. The van der Waals surface area contributed by atoms with Gasteiger partial charge in [0.15, 0.2) is 0 Å². The second-order valence-corrected chi connectivity index (χ2v) is 3.34. The molecule has 1 unspecified atom stereocenters. The Hall–Kier alpha value is -0.380. The van der Waals surface area contributed by atoms with Crippen LogP contribution in [0.2, 0.25) is 0 Å². The Balaban J connectivity index is 2.82. The number of hydrogen-bond donors (Lipinski definition) is 2. The Labute approximate surface area is 64.3 Å². The van der Waals surface area contributed by atoms with E-state index >= 15 is 0 Å². The van der Waals surface area contributed by atoms with Crippen molar-refractivity contribution in [2.24, 2.45) is 5.73 Å². The summed E-state index contributed by atoms with van der Waals surface area (Å²) in [4.78, 5) is 1.20. The lowest BCUT2D eigenvalue weighted by Crippen LogP contribution is -2.14. The summed E-state index contributed by atoms with van der Waals surface area (Å²) in [5.74, 6) is 0. The predicted molar refractivity (Wildman–Crippen MR) is 43.1 cm³/mol. The summed E-state index contributed by atoms with van der Waals surface area (Å²) in [6.45, 7) is 2.03. The number of aliphatic hydroxyl groups is 1. The van der Waals surface area contributed by atoms with Gasteiger partial charge in [-0.25, -0.2) is 0 Å². The first-order chi connectivity index (χ1) is 4.75. The third-order valence-electron chi connectivity index (χ3n) is 1.50. The molecule has 3 heteroatoms. The summed E-state index contributed by atoms with van der Waals surface area (Å²) in [7, 11) is 0. The largest absolute Gasteiger partial charge is 0.394 e. The van der Waals surface area contributed by atoms with Gasteiger partial charge in [0.05, 0.1) is 12.6 Å². The Kier molecular flexibility index (Phi) is 2.43. The number of rotatable bonds is 2. The molecule has 3 N–H and O–H groups in total. The normalized spacial score (nSPS) is 13.5. The Morgan fingerprint density at radius 3 is 2.90 bits per heavy atom. The quantitative estimate of drug-likeness (QED) is 0.674. The summed E-state index contributed by atoms with van der Waals surface area (Å²) in [5, 5.41) is 10.7. The third kappa shape index (κ3) is 1.37. The topological polar surface area (TPSA) is 46.2 Å². The van der Waals surface area contributed by atoms with Gasteiger partial charge < -0.3 is 10.8 Å². The first kappa shape index (κ1) is 7.72. The molecule has 10 heavy (non-hydrogen) atoms. The Morgan fingerprint density at radius 1 is 1.80 bits per heavy atom. The van der Waals surface area contributed by atoms with E-state index in [0.29, 0.717) is 0 Å². The molecule has 1 aromatic heterocycles. The molecule has 0 spiro atoms. The van der Waals surface area contributed by atoms with Crippen molar-refractivity contribution in [1.29, 1.82) is 0 Å². The minimum absolute atomic E-state index is 0.0254. The number of aryl methyl sites for hydroxylation is 1. The number of thiophene rings is 1. The molecule has 1 aromatic rings. The monoisotopic (exact) mass is 157 g/mol. The van der Waals surface area contributed by atoms with Crippen molar-refractivity contribution >= 4 is 11.3 Å². The summed E-state index contributed by atoms with van der Waals surface area (Å²) >= 11 is 1.66. The van der Waals surface area contributed by atoms with Crippen LogP contribution in [0.4, 0.5) is 0 Å². The number of hydrogen-bond acceptors (Lipinski definition) is 3. The van der Waals surface area contributed by atoms with Crippen LogP contribution in [0.3, 0.4) is 0 Å². The molecule has 0 amide bonds. The van der Waals surface area contributed by atoms with Crippen LogP contribution in [-0.2, 0) is 0 Å². The van der Waals surface area contributed by atoms with Gasteiger partial charge in [0.2, 0.25) is 0 Å². The van der Waals surface area contributed by atoms with E-state index in [-0.39, 0.29) is 12.6 Å². The molecule has 56 valence electrons. The zero-order valence-electron chi connectivity index (χ0n) is 5.87. The zero-order chi connectivity index (χ0) is 7.56. The molecule has 0 aliphatic carbocycles. The number of aliphatic hydroxyl groups excluding tert-OH is 1. The van der Waals surface area contributed by atoms with Gasteiger partial charge in [0.1, 0.15) is 0 Å². The van der Waals surface area contributed by atoms with Crippen LogP contribution in [-0.4, -0.2) is 11.7 Å². The lowest BCUT2D eigenvalue weighted by Gasteiger charge is -2.05. The first-order valence-electron chi connectivity index (χ1n) is 3.16. The van der Waals surface area contributed by atoms with Gasteiger partial charge in [0.25, 0.3) is 0 Å². The van der Waals surface area contributed by atoms with E-state index in [2.05, 4.69) is 0 Å². The van der Waals surface area contributed by atoms with Gasteiger partial charge in [-0.1, -0.05) is 0 Å². The average molecular weight is 157 g/mol. The van der Waals surface area contributed by atoms with Crippen LogP contribution in [0.15, 0.2) is 11.4 Å². The lowest BCUT2D eigenvalue weighted by atomic mass is 10.1. The smallest absolute Gasteiger partial charge is 0.0624 e. The second kappa shape index (κ2) is 3.14. The molecule has 0 radical (unpaired) electrons. The van der Waals surface area contributed by atoms with Crippen molar-refractivity contribution < 1.29 is 5.11 Å². The van der Waals surface area contributed by atoms with E-state index < -0.39 is 0 Å². The maximum Gasteiger partial charge on any atom is 0.0624 e. The van der Waals surface area contributed by atoms with Crippen LogP contribution in [0.1, 0.15) is 16.5 Å². The molecule has 0 fully saturated rings. The fraction of sp³-hybridized carbons (Fsp3) is 0.429. The summed E-state index contributed by atoms with van der Waals surface area (Å²) < 4.78 is 0. The van der Waals surface area contributed by atoms with Crippen LogP contribution in [0.25, 0.3) is 0 Å². The highest BCUT2D eigenvalue weighted by molar-refractivity contribution is 7.10. The molecule has 0 saturated heterocycles.